The quantitative estimate of drug-likeness (QED) is 0.140. The Kier molecular flexibility index (Phi) is 11.5. The summed E-state index contributed by atoms with van der Waals surface area (Å²) in [5.41, 5.74) is 6.27. The van der Waals surface area contributed by atoms with Crippen molar-refractivity contribution < 1.29 is 9.59 Å². The number of aromatic nitrogens is 4. The van der Waals surface area contributed by atoms with Crippen molar-refractivity contribution in [1.29, 1.82) is 0 Å². The van der Waals surface area contributed by atoms with Gasteiger partial charge in [0.05, 0.1) is 30.9 Å². The standard InChI is InChI=1S/C23H21ClN4O.C17H17BrN4O/c1-3-4-20-15-27(14-16-5-11-19(25-2)12-6-16)23(29)22-13-21(26-28(20)22)17-7-9-18(24)10-8-17;1-3-4-14-11-21(10-12-5-7-13(19-2)8-6-12)17(23)15-9-16(18)20-22(14)15/h5-13,20H,3-4,14-15H2,1H3;5-9,14H,3-4,10-11H2,1H3. The molecule has 7 rings (SSSR count). The van der Waals surface area contributed by atoms with Gasteiger partial charge in [0.2, 0.25) is 0 Å². The number of hydrogen-bond donors (Lipinski definition) is 0. The van der Waals surface area contributed by atoms with Gasteiger partial charge in [-0.05, 0) is 58.1 Å². The summed E-state index contributed by atoms with van der Waals surface area (Å²) < 4.78 is 4.45. The summed E-state index contributed by atoms with van der Waals surface area (Å²) in [5, 5.41) is 9.85. The van der Waals surface area contributed by atoms with Gasteiger partial charge in [0.25, 0.3) is 11.8 Å². The number of hydrogen-bond acceptors (Lipinski definition) is 4. The second-order valence-electron chi connectivity index (χ2n) is 13.0. The van der Waals surface area contributed by atoms with E-state index < -0.39 is 0 Å². The van der Waals surface area contributed by atoms with E-state index in [0.717, 1.165) is 48.1 Å². The summed E-state index contributed by atoms with van der Waals surface area (Å²) in [6.45, 7) is 20.7. The van der Waals surface area contributed by atoms with Crippen molar-refractivity contribution in [2.45, 2.75) is 64.7 Å². The van der Waals surface area contributed by atoms with Gasteiger partial charge in [-0.1, -0.05) is 99.0 Å². The van der Waals surface area contributed by atoms with E-state index in [0.29, 0.717) is 58.6 Å². The minimum absolute atomic E-state index is 0.00445. The van der Waals surface area contributed by atoms with Crippen LogP contribution < -0.4 is 0 Å². The second kappa shape index (κ2) is 16.4. The number of rotatable bonds is 9. The van der Waals surface area contributed by atoms with E-state index >= 15 is 0 Å². The Labute approximate surface area is 317 Å². The first-order valence-corrected chi connectivity index (χ1v) is 18.5. The largest absolute Gasteiger partial charge is 0.331 e. The molecule has 0 radical (unpaired) electrons. The first-order valence-electron chi connectivity index (χ1n) is 17.3. The van der Waals surface area contributed by atoms with Crippen molar-refractivity contribution in [2.24, 2.45) is 0 Å². The third-order valence-corrected chi connectivity index (χ3v) is 9.91. The third-order valence-electron chi connectivity index (χ3n) is 9.27. The maximum absolute atomic E-state index is 13.2. The van der Waals surface area contributed by atoms with Crippen molar-refractivity contribution in [3.05, 3.63) is 140 Å². The Morgan fingerprint density at radius 1 is 0.712 bits per heavy atom. The van der Waals surface area contributed by atoms with E-state index in [4.69, 9.17) is 29.8 Å². The highest BCUT2D eigenvalue weighted by atomic mass is 79.9. The maximum Gasteiger partial charge on any atom is 0.272 e. The summed E-state index contributed by atoms with van der Waals surface area (Å²) in [7, 11) is 0. The fourth-order valence-electron chi connectivity index (χ4n) is 6.71. The van der Waals surface area contributed by atoms with Gasteiger partial charge in [-0.2, -0.15) is 10.2 Å². The Morgan fingerprint density at radius 2 is 1.17 bits per heavy atom. The Morgan fingerprint density at radius 3 is 1.63 bits per heavy atom. The lowest BCUT2D eigenvalue weighted by atomic mass is 10.1. The zero-order valence-electron chi connectivity index (χ0n) is 29.0. The van der Waals surface area contributed by atoms with E-state index in [1.807, 2.05) is 73.8 Å². The van der Waals surface area contributed by atoms with Crippen LogP contribution in [0.15, 0.2) is 89.5 Å². The van der Waals surface area contributed by atoms with Gasteiger partial charge in [-0.15, -0.1) is 0 Å². The molecule has 2 amide bonds. The summed E-state index contributed by atoms with van der Waals surface area (Å²) in [6.07, 6.45) is 4.00. The van der Waals surface area contributed by atoms with Crippen molar-refractivity contribution in [3.63, 3.8) is 0 Å². The zero-order valence-corrected chi connectivity index (χ0v) is 31.4. The highest BCUT2D eigenvalue weighted by Crippen LogP contribution is 2.31. The van der Waals surface area contributed by atoms with E-state index in [-0.39, 0.29) is 23.9 Å². The number of fused-ring (bicyclic) bond motifs is 2. The lowest BCUT2D eigenvalue weighted by Crippen LogP contribution is -2.42. The first-order chi connectivity index (χ1) is 25.2. The monoisotopic (exact) mass is 776 g/mol. The molecule has 0 fully saturated rings. The normalized spacial score (nSPS) is 16.3. The van der Waals surface area contributed by atoms with Crippen LogP contribution in [0.25, 0.3) is 20.9 Å². The topological polar surface area (TPSA) is 85.0 Å². The van der Waals surface area contributed by atoms with Gasteiger partial charge in [-0.25, -0.2) is 9.69 Å². The second-order valence-corrected chi connectivity index (χ2v) is 14.2. The molecule has 4 heterocycles. The molecule has 12 heteroatoms. The predicted octanol–water partition coefficient (Wildman–Crippen LogP) is 9.95. The average Bonchev–Trinajstić information content (AvgIpc) is 3.79. The molecule has 264 valence electrons. The van der Waals surface area contributed by atoms with E-state index in [2.05, 4.69) is 44.6 Å². The molecule has 0 saturated heterocycles. The highest BCUT2D eigenvalue weighted by Gasteiger charge is 2.34. The van der Waals surface area contributed by atoms with Crippen LogP contribution in [-0.2, 0) is 13.1 Å². The van der Waals surface area contributed by atoms with Crippen molar-refractivity contribution in [1.82, 2.24) is 29.4 Å². The number of nitrogens with zero attached hydrogens (tertiary/aromatic N) is 8. The lowest BCUT2D eigenvalue weighted by molar-refractivity contribution is 0.0629. The molecule has 2 aliphatic heterocycles. The van der Waals surface area contributed by atoms with Gasteiger partial charge in [0.15, 0.2) is 11.4 Å². The highest BCUT2D eigenvalue weighted by molar-refractivity contribution is 9.10. The fourth-order valence-corrected chi connectivity index (χ4v) is 7.22. The summed E-state index contributed by atoms with van der Waals surface area (Å²) in [5.74, 6) is -0.0101. The van der Waals surface area contributed by atoms with Crippen LogP contribution in [-0.4, -0.2) is 54.3 Å². The Bertz CT molecular complexity index is 2130. The maximum atomic E-state index is 13.2. The molecule has 0 spiro atoms. The molecule has 10 nitrogen and oxygen atoms in total. The van der Waals surface area contributed by atoms with Gasteiger partial charge in [-0.3, -0.25) is 19.0 Å². The minimum atomic E-state index is -0.0145. The molecule has 2 aromatic heterocycles. The van der Waals surface area contributed by atoms with Gasteiger partial charge in [0.1, 0.15) is 16.0 Å². The smallest absolute Gasteiger partial charge is 0.272 e. The fraction of sp³-hybridized carbons (Fsp3) is 0.300. The lowest BCUT2D eigenvalue weighted by Gasteiger charge is -2.33. The first kappa shape index (κ1) is 36.6. The van der Waals surface area contributed by atoms with Gasteiger partial charge >= 0.3 is 0 Å². The molecule has 0 aliphatic carbocycles. The van der Waals surface area contributed by atoms with Crippen LogP contribution >= 0.6 is 27.5 Å². The Hall–Kier alpha value is -5.23. The molecule has 0 bridgehead atoms. The minimum Gasteiger partial charge on any atom is -0.331 e. The molecular weight excluding hydrogens is 740 g/mol. The molecule has 2 atom stereocenters. The van der Waals surface area contributed by atoms with Crippen molar-refractivity contribution >= 4 is 50.7 Å². The number of halogens is 2. The van der Waals surface area contributed by atoms with Crippen LogP contribution in [0.5, 0.6) is 0 Å². The van der Waals surface area contributed by atoms with Crippen LogP contribution in [0, 0.1) is 13.1 Å². The zero-order chi connectivity index (χ0) is 36.8. The van der Waals surface area contributed by atoms with E-state index in [1.54, 1.807) is 30.3 Å². The molecule has 0 N–H and O–H groups in total. The van der Waals surface area contributed by atoms with Crippen molar-refractivity contribution in [2.75, 3.05) is 13.1 Å². The molecular formula is C40H38BrClN8O2. The molecule has 0 saturated carbocycles. The molecule has 2 unspecified atom stereocenters. The number of benzene rings is 3. The van der Waals surface area contributed by atoms with E-state index in [1.165, 1.54) is 0 Å². The molecule has 2 aliphatic rings. The van der Waals surface area contributed by atoms with E-state index in [9.17, 15) is 9.59 Å². The molecule has 3 aromatic carbocycles. The summed E-state index contributed by atoms with van der Waals surface area (Å²) >= 11 is 9.37. The molecule has 52 heavy (non-hydrogen) atoms. The number of carbonyl (C=O) groups excluding carboxylic acids is 2. The number of carbonyl (C=O) groups is 2. The van der Waals surface area contributed by atoms with Crippen LogP contribution in [0.2, 0.25) is 5.02 Å². The SMILES string of the molecule is [C-]#[N+]c1ccc(CN2CC(CCC)n3nc(-c4ccc(Cl)cc4)cc3C2=O)cc1.[C-]#[N+]c1ccc(CN2CC(CCC)n3nc(Br)cc3C2=O)cc1. The molecule has 5 aromatic rings. The summed E-state index contributed by atoms with van der Waals surface area (Å²) in [4.78, 5) is 36.5. The van der Waals surface area contributed by atoms with Gasteiger partial charge < -0.3 is 9.80 Å². The van der Waals surface area contributed by atoms with Crippen molar-refractivity contribution in [3.8, 4) is 11.3 Å². The predicted molar refractivity (Wildman–Crippen MR) is 205 cm³/mol. The van der Waals surface area contributed by atoms with Crippen LogP contribution in [0.4, 0.5) is 11.4 Å². The van der Waals surface area contributed by atoms with Gasteiger partial charge in [0, 0.05) is 42.8 Å². The van der Waals surface area contributed by atoms with Crippen LogP contribution in [0.1, 0.15) is 83.7 Å². The van der Waals surface area contributed by atoms with Crippen LogP contribution in [0.3, 0.4) is 0 Å². The third kappa shape index (κ3) is 8.12. The summed E-state index contributed by atoms with van der Waals surface area (Å²) in [6, 6.07) is 26.4. The Balaban J connectivity index is 0.000000183. The number of amides is 2. The average molecular weight is 778 g/mol.